The van der Waals surface area contributed by atoms with Gasteiger partial charge in [0.25, 0.3) is 0 Å². The van der Waals surface area contributed by atoms with Crippen LogP contribution in [0.3, 0.4) is 0 Å². The van der Waals surface area contributed by atoms with Gasteiger partial charge in [-0.25, -0.2) is 0 Å². The molecule has 84 valence electrons. The molecule has 3 heteroatoms. The second-order valence-electron chi connectivity index (χ2n) is 4.25. The highest BCUT2D eigenvalue weighted by Crippen LogP contribution is 2.22. The second-order valence-corrected chi connectivity index (χ2v) is 5.24. The summed E-state index contributed by atoms with van der Waals surface area (Å²) < 4.78 is 0. The predicted octanol–water partition coefficient (Wildman–Crippen LogP) is 1.94. The largest absolute Gasteiger partial charge is 0.329 e. The molecule has 1 aliphatic rings. The zero-order chi connectivity index (χ0) is 10.4. The molecule has 0 amide bonds. The zero-order valence-electron chi connectivity index (χ0n) is 9.54. The van der Waals surface area contributed by atoms with Crippen LogP contribution in [0.4, 0.5) is 0 Å². The molecule has 2 nitrogen and oxygen atoms in total. The standard InChI is InChI=1S/C11H24N2S/c1-10-5-3-6-11(9-12)13(10)7-4-8-14-2/h10-11H,3-9,12H2,1-2H3. The SMILES string of the molecule is CSCCCN1C(C)CCCC1CN. The number of hydrogen-bond donors (Lipinski definition) is 1. The first-order valence-electron chi connectivity index (χ1n) is 5.74. The molecule has 2 N–H and O–H groups in total. The summed E-state index contributed by atoms with van der Waals surface area (Å²) in [6.07, 6.45) is 7.51. The van der Waals surface area contributed by atoms with Gasteiger partial charge >= 0.3 is 0 Å². The van der Waals surface area contributed by atoms with Crippen molar-refractivity contribution in [3.63, 3.8) is 0 Å². The Labute approximate surface area is 92.6 Å². The van der Waals surface area contributed by atoms with Gasteiger partial charge in [-0.05, 0) is 44.7 Å². The number of hydrogen-bond acceptors (Lipinski definition) is 3. The van der Waals surface area contributed by atoms with Crippen molar-refractivity contribution in [2.24, 2.45) is 5.73 Å². The summed E-state index contributed by atoms with van der Waals surface area (Å²) in [6.45, 7) is 4.42. The van der Waals surface area contributed by atoms with Crippen molar-refractivity contribution >= 4 is 11.8 Å². The molecule has 14 heavy (non-hydrogen) atoms. The fraction of sp³-hybridized carbons (Fsp3) is 1.00. The molecule has 1 saturated heterocycles. The van der Waals surface area contributed by atoms with Gasteiger partial charge in [0.2, 0.25) is 0 Å². The number of nitrogens with zero attached hydrogens (tertiary/aromatic N) is 1. The van der Waals surface area contributed by atoms with Crippen molar-refractivity contribution in [2.75, 3.05) is 25.1 Å². The quantitative estimate of drug-likeness (QED) is 0.712. The van der Waals surface area contributed by atoms with Crippen LogP contribution in [0, 0.1) is 0 Å². The number of rotatable bonds is 5. The predicted molar refractivity (Wildman–Crippen MR) is 65.9 cm³/mol. The molecule has 0 saturated carbocycles. The maximum absolute atomic E-state index is 5.81. The van der Waals surface area contributed by atoms with E-state index in [1.54, 1.807) is 0 Å². The minimum Gasteiger partial charge on any atom is -0.329 e. The van der Waals surface area contributed by atoms with Gasteiger partial charge in [0.05, 0.1) is 0 Å². The first-order valence-corrected chi connectivity index (χ1v) is 7.13. The minimum absolute atomic E-state index is 0.653. The monoisotopic (exact) mass is 216 g/mol. The molecule has 0 aromatic rings. The summed E-state index contributed by atoms with van der Waals surface area (Å²) in [6, 6.07) is 1.40. The highest BCUT2D eigenvalue weighted by molar-refractivity contribution is 7.98. The van der Waals surface area contributed by atoms with E-state index < -0.39 is 0 Å². The molecule has 0 aromatic carbocycles. The maximum Gasteiger partial charge on any atom is 0.0221 e. The molecular formula is C11H24N2S. The summed E-state index contributed by atoms with van der Waals surface area (Å²) in [5.74, 6) is 1.28. The maximum atomic E-state index is 5.81. The normalized spacial score (nSPS) is 29.4. The van der Waals surface area contributed by atoms with Gasteiger partial charge < -0.3 is 5.73 Å². The van der Waals surface area contributed by atoms with Crippen LogP contribution in [0.25, 0.3) is 0 Å². The van der Waals surface area contributed by atoms with E-state index >= 15 is 0 Å². The van der Waals surface area contributed by atoms with E-state index in [0.29, 0.717) is 6.04 Å². The number of piperidine rings is 1. The molecule has 2 atom stereocenters. The van der Waals surface area contributed by atoms with E-state index in [1.807, 2.05) is 11.8 Å². The van der Waals surface area contributed by atoms with Gasteiger partial charge in [-0.3, -0.25) is 4.90 Å². The first kappa shape index (κ1) is 12.3. The molecule has 1 aliphatic heterocycles. The van der Waals surface area contributed by atoms with Crippen molar-refractivity contribution < 1.29 is 0 Å². The van der Waals surface area contributed by atoms with Gasteiger partial charge in [0, 0.05) is 18.6 Å². The molecule has 0 aromatic heterocycles. The second kappa shape index (κ2) is 6.70. The Kier molecular flexibility index (Phi) is 5.90. The lowest BCUT2D eigenvalue weighted by Crippen LogP contribution is -2.49. The lowest BCUT2D eigenvalue weighted by molar-refractivity contribution is 0.0980. The number of thioether (sulfide) groups is 1. The van der Waals surface area contributed by atoms with Crippen molar-refractivity contribution in [1.82, 2.24) is 4.90 Å². The first-order chi connectivity index (χ1) is 6.79. The average molecular weight is 216 g/mol. The van der Waals surface area contributed by atoms with Crippen LogP contribution in [0.5, 0.6) is 0 Å². The number of likely N-dealkylation sites (tertiary alicyclic amines) is 1. The lowest BCUT2D eigenvalue weighted by Gasteiger charge is -2.40. The third-order valence-electron chi connectivity index (χ3n) is 3.23. The summed E-state index contributed by atoms with van der Waals surface area (Å²) in [4.78, 5) is 2.62. The van der Waals surface area contributed by atoms with E-state index in [1.165, 1.54) is 38.0 Å². The molecule has 0 radical (unpaired) electrons. The molecule has 0 bridgehead atoms. The topological polar surface area (TPSA) is 29.3 Å². The lowest BCUT2D eigenvalue weighted by atomic mass is 9.96. The fourth-order valence-electron chi connectivity index (χ4n) is 2.39. The van der Waals surface area contributed by atoms with Crippen molar-refractivity contribution in [3.8, 4) is 0 Å². The fourth-order valence-corrected chi connectivity index (χ4v) is 2.81. The smallest absolute Gasteiger partial charge is 0.0221 e. The molecule has 2 unspecified atom stereocenters. The molecule has 0 aliphatic carbocycles. The van der Waals surface area contributed by atoms with Crippen LogP contribution >= 0.6 is 11.8 Å². The highest BCUT2D eigenvalue weighted by atomic mass is 32.2. The molecule has 1 fully saturated rings. The van der Waals surface area contributed by atoms with Crippen molar-refractivity contribution in [2.45, 2.75) is 44.7 Å². The average Bonchev–Trinajstić information content (AvgIpc) is 2.20. The van der Waals surface area contributed by atoms with Crippen LogP contribution in [0.1, 0.15) is 32.6 Å². The van der Waals surface area contributed by atoms with Gasteiger partial charge in [-0.15, -0.1) is 0 Å². The van der Waals surface area contributed by atoms with Crippen molar-refractivity contribution in [3.05, 3.63) is 0 Å². The van der Waals surface area contributed by atoms with E-state index in [2.05, 4.69) is 18.1 Å². The van der Waals surface area contributed by atoms with E-state index in [9.17, 15) is 0 Å². The van der Waals surface area contributed by atoms with E-state index in [4.69, 9.17) is 5.73 Å². The number of nitrogens with two attached hydrogens (primary N) is 1. The Morgan fingerprint density at radius 1 is 1.43 bits per heavy atom. The Balaban J connectivity index is 2.34. The molecule has 0 spiro atoms. The highest BCUT2D eigenvalue weighted by Gasteiger charge is 2.25. The third-order valence-corrected chi connectivity index (χ3v) is 3.93. The van der Waals surface area contributed by atoms with Gasteiger partial charge in [0.1, 0.15) is 0 Å². The van der Waals surface area contributed by atoms with Gasteiger partial charge in [0.15, 0.2) is 0 Å². The summed E-state index contributed by atoms with van der Waals surface area (Å²) in [7, 11) is 0. The molecular weight excluding hydrogens is 192 g/mol. The Bertz CT molecular complexity index is 152. The Morgan fingerprint density at radius 3 is 2.86 bits per heavy atom. The van der Waals surface area contributed by atoms with Crippen LogP contribution in [-0.4, -0.2) is 42.1 Å². The van der Waals surface area contributed by atoms with Crippen LogP contribution < -0.4 is 5.73 Å². The van der Waals surface area contributed by atoms with Crippen molar-refractivity contribution in [1.29, 1.82) is 0 Å². The van der Waals surface area contributed by atoms with Gasteiger partial charge in [-0.2, -0.15) is 11.8 Å². The summed E-state index contributed by atoms with van der Waals surface area (Å²) in [5, 5.41) is 0. The molecule has 1 heterocycles. The van der Waals surface area contributed by atoms with E-state index in [0.717, 1.165) is 12.6 Å². The Morgan fingerprint density at radius 2 is 2.21 bits per heavy atom. The van der Waals surface area contributed by atoms with Crippen LogP contribution in [0.15, 0.2) is 0 Å². The van der Waals surface area contributed by atoms with Crippen LogP contribution in [-0.2, 0) is 0 Å². The van der Waals surface area contributed by atoms with E-state index in [-0.39, 0.29) is 0 Å². The third kappa shape index (κ3) is 3.44. The van der Waals surface area contributed by atoms with Crippen LogP contribution in [0.2, 0.25) is 0 Å². The summed E-state index contributed by atoms with van der Waals surface area (Å²) >= 11 is 1.94. The summed E-state index contributed by atoms with van der Waals surface area (Å²) in [5.41, 5.74) is 5.81. The molecule has 1 rings (SSSR count). The minimum atomic E-state index is 0.653. The van der Waals surface area contributed by atoms with Gasteiger partial charge in [-0.1, -0.05) is 6.42 Å². The Hall–Kier alpha value is 0.270. The zero-order valence-corrected chi connectivity index (χ0v) is 10.4.